The summed E-state index contributed by atoms with van der Waals surface area (Å²) in [6, 6.07) is 99.4. The molecule has 69 heavy (non-hydrogen) atoms. The molecule has 3 aliphatic rings. The van der Waals surface area contributed by atoms with Crippen LogP contribution in [-0.2, 0) is 5.41 Å². The molecule has 0 amide bonds. The average molecular weight is 876 g/mol. The lowest BCUT2D eigenvalue weighted by Gasteiger charge is -2.42. The molecule has 2 atom stereocenters. The van der Waals surface area contributed by atoms with E-state index in [9.17, 15) is 0 Å². The number of rotatable bonds is 7. The van der Waals surface area contributed by atoms with Crippen LogP contribution in [0.2, 0.25) is 0 Å². The molecule has 11 aromatic carbocycles. The monoisotopic (exact) mass is 875 g/mol. The Hall–Kier alpha value is -8.78. The van der Waals surface area contributed by atoms with Crippen molar-refractivity contribution in [2.75, 3.05) is 4.90 Å². The number of hydrogen-bond acceptors (Lipinski definition) is 1. The van der Waals surface area contributed by atoms with Crippen molar-refractivity contribution in [3.8, 4) is 66.8 Å². The largest absolute Gasteiger partial charge is 0.310 e. The molecule has 0 aliphatic heterocycles. The van der Waals surface area contributed by atoms with Crippen LogP contribution in [0, 0.1) is 0 Å². The minimum Gasteiger partial charge on any atom is -0.310 e. The highest BCUT2D eigenvalue weighted by Gasteiger charge is 2.53. The van der Waals surface area contributed by atoms with Crippen LogP contribution in [0.25, 0.3) is 66.8 Å². The molecule has 14 rings (SSSR count). The Morgan fingerprint density at radius 1 is 0.261 bits per heavy atom. The second kappa shape index (κ2) is 15.7. The van der Waals surface area contributed by atoms with Gasteiger partial charge in [0.15, 0.2) is 0 Å². The van der Waals surface area contributed by atoms with E-state index in [1.165, 1.54) is 100 Å². The Labute approximate surface area is 403 Å². The summed E-state index contributed by atoms with van der Waals surface area (Å²) in [5.74, 6) is 0.184. The molecule has 1 nitrogen and oxygen atoms in total. The van der Waals surface area contributed by atoms with Crippen molar-refractivity contribution < 1.29 is 0 Å². The minimum absolute atomic E-state index is 0.184. The van der Waals surface area contributed by atoms with Crippen molar-refractivity contribution in [1.82, 2.24) is 0 Å². The zero-order chi connectivity index (χ0) is 45.5. The van der Waals surface area contributed by atoms with Gasteiger partial charge in [0.2, 0.25) is 0 Å². The highest BCUT2D eigenvalue weighted by Crippen LogP contribution is 2.65. The van der Waals surface area contributed by atoms with E-state index in [1.54, 1.807) is 0 Å². The average Bonchev–Trinajstić information content (AvgIpc) is 3.92. The van der Waals surface area contributed by atoms with Gasteiger partial charge in [-0.25, -0.2) is 0 Å². The maximum atomic E-state index is 2.54. The molecule has 2 unspecified atom stereocenters. The van der Waals surface area contributed by atoms with Crippen LogP contribution >= 0.6 is 0 Å². The van der Waals surface area contributed by atoms with Gasteiger partial charge in [-0.15, -0.1) is 0 Å². The topological polar surface area (TPSA) is 3.24 Å². The molecule has 0 saturated heterocycles. The third-order valence-electron chi connectivity index (χ3n) is 15.2. The van der Waals surface area contributed by atoms with Crippen molar-refractivity contribution in [2.24, 2.45) is 0 Å². The quantitative estimate of drug-likeness (QED) is 0.154. The van der Waals surface area contributed by atoms with Gasteiger partial charge in [0.05, 0.1) is 11.1 Å². The smallest absolute Gasteiger partial charge is 0.0719 e. The van der Waals surface area contributed by atoms with Crippen molar-refractivity contribution in [2.45, 2.75) is 11.3 Å². The van der Waals surface area contributed by atoms with Crippen LogP contribution in [0.5, 0.6) is 0 Å². The van der Waals surface area contributed by atoms with Gasteiger partial charge in [-0.05, 0) is 137 Å². The Morgan fingerprint density at radius 3 is 1.58 bits per heavy atom. The second-order valence-electron chi connectivity index (χ2n) is 18.7. The number of hydrogen-bond donors (Lipinski definition) is 0. The summed E-state index contributed by atoms with van der Waals surface area (Å²) in [6.07, 6.45) is 0. The molecular formula is C68H45N. The van der Waals surface area contributed by atoms with Gasteiger partial charge in [0.25, 0.3) is 0 Å². The molecule has 1 spiro atoms. The first kappa shape index (κ1) is 39.4. The molecule has 0 aromatic heterocycles. The number of benzene rings is 11. The fraction of sp³-hybridized carbons (Fsp3) is 0.0294. The van der Waals surface area contributed by atoms with Crippen molar-refractivity contribution in [3.05, 3.63) is 306 Å². The van der Waals surface area contributed by atoms with Crippen LogP contribution in [0.3, 0.4) is 0 Å². The summed E-state index contributed by atoms with van der Waals surface area (Å²) >= 11 is 0. The van der Waals surface area contributed by atoms with Gasteiger partial charge >= 0.3 is 0 Å². The van der Waals surface area contributed by atoms with Gasteiger partial charge in [0, 0.05) is 22.9 Å². The van der Waals surface area contributed by atoms with Gasteiger partial charge < -0.3 is 4.90 Å². The molecular weight excluding hydrogens is 831 g/mol. The number of para-hydroxylation sites is 1. The maximum Gasteiger partial charge on any atom is 0.0719 e. The van der Waals surface area contributed by atoms with Crippen LogP contribution in [0.15, 0.2) is 267 Å². The standard InChI is InChI=1S/C68H45N/c1-4-20-45(21-5-1)48-26-18-27-50(42-48)69(51-39-41-52(46-22-6-2-7-23-46)60(44-51)47-24-8-3-9-25-47)65-37-17-14-28-53(65)49-38-40-56-55-30-12-15-34-61(55)68(64(56)43-49)62-35-16-13-32-59(62)66-57-31-11-10-29-54(57)58-33-19-36-63(68)67(58)66/h1-44,66H. The lowest BCUT2D eigenvalue weighted by atomic mass is 9.59. The second-order valence-corrected chi connectivity index (χ2v) is 18.7. The third-order valence-corrected chi connectivity index (χ3v) is 15.2. The molecule has 0 N–H and O–H groups in total. The third kappa shape index (κ3) is 5.90. The summed E-state index contributed by atoms with van der Waals surface area (Å²) in [7, 11) is 0. The summed E-state index contributed by atoms with van der Waals surface area (Å²) in [5, 5.41) is 0. The molecule has 3 aliphatic carbocycles. The van der Waals surface area contributed by atoms with Gasteiger partial charge in [0.1, 0.15) is 0 Å². The summed E-state index contributed by atoms with van der Waals surface area (Å²) in [5.41, 5.74) is 27.2. The fourth-order valence-electron chi connectivity index (χ4n) is 12.4. The van der Waals surface area contributed by atoms with Gasteiger partial charge in [-0.1, -0.05) is 231 Å². The van der Waals surface area contributed by atoms with Gasteiger partial charge in [-0.3, -0.25) is 0 Å². The Bertz CT molecular complexity index is 3790. The number of anilines is 3. The van der Waals surface area contributed by atoms with Crippen LogP contribution in [0.4, 0.5) is 17.1 Å². The first-order valence-corrected chi connectivity index (χ1v) is 24.1. The summed E-state index contributed by atoms with van der Waals surface area (Å²) in [4.78, 5) is 2.47. The Balaban J connectivity index is 1.01. The molecule has 0 bridgehead atoms. The highest BCUT2D eigenvalue weighted by molar-refractivity contribution is 5.97. The molecule has 1 heteroatoms. The van der Waals surface area contributed by atoms with Crippen LogP contribution in [-0.4, -0.2) is 0 Å². The van der Waals surface area contributed by atoms with Gasteiger partial charge in [-0.2, -0.15) is 0 Å². The molecule has 11 aromatic rings. The first-order chi connectivity index (χ1) is 34.3. The Morgan fingerprint density at radius 2 is 0.797 bits per heavy atom. The maximum absolute atomic E-state index is 2.54. The van der Waals surface area contributed by atoms with E-state index in [-0.39, 0.29) is 5.92 Å². The molecule has 0 fully saturated rings. The molecule has 0 radical (unpaired) electrons. The first-order valence-electron chi connectivity index (χ1n) is 24.1. The van der Waals surface area contributed by atoms with E-state index in [4.69, 9.17) is 0 Å². The van der Waals surface area contributed by atoms with E-state index >= 15 is 0 Å². The number of nitrogens with zero attached hydrogens (tertiary/aromatic N) is 1. The highest BCUT2D eigenvalue weighted by atomic mass is 15.1. The fourth-order valence-corrected chi connectivity index (χ4v) is 12.4. The van der Waals surface area contributed by atoms with Crippen molar-refractivity contribution in [1.29, 1.82) is 0 Å². The predicted octanol–water partition coefficient (Wildman–Crippen LogP) is 17.7. The van der Waals surface area contributed by atoms with E-state index in [0.717, 1.165) is 22.6 Å². The molecule has 322 valence electrons. The summed E-state index contributed by atoms with van der Waals surface area (Å²) in [6.45, 7) is 0. The van der Waals surface area contributed by atoms with Crippen molar-refractivity contribution >= 4 is 17.1 Å². The van der Waals surface area contributed by atoms with E-state index in [2.05, 4.69) is 272 Å². The SMILES string of the molecule is c1ccc(-c2cccc(N(c3ccc(-c4ccccc4)c(-c4ccccc4)c3)c3ccccc3-c3ccc4c(c3)C3(c5ccccc5-4)c4ccccc4C4c5ccccc5-c5cccc3c54)c2)cc1. The zero-order valence-electron chi connectivity index (χ0n) is 37.9. The van der Waals surface area contributed by atoms with E-state index in [1.807, 2.05) is 0 Å². The summed E-state index contributed by atoms with van der Waals surface area (Å²) < 4.78 is 0. The zero-order valence-corrected chi connectivity index (χ0v) is 37.9. The number of fused-ring (bicyclic) bond motifs is 12. The Kier molecular flexibility index (Phi) is 8.94. The molecule has 0 saturated carbocycles. The lowest BCUT2D eigenvalue weighted by Crippen LogP contribution is -2.35. The molecule has 0 heterocycles. The minimum atomic E-state index is -0.515. The lowest BCUT2D eigenvalue weighted by molar-refractivity contribution is 0.704. The van der Waals surface area contributed by atoms with E-state index < -0.39 is 5.41 Å². The predicted molar refractivity (Wildman–Crippen MR) is 287 cm³/mol. The van der Waals surface area contributed by atoms with Crippen LogP contribution in [0.1, 0.15) is 44.9 Å². The van der Waals surface area contributed by atoms with Crippen molar-refractivity contribution in [3.63, 3.8) is 0 Å². The normalized spacial score (nSPS) is 15.4. The van der Waals surface area contributed by atoms with Crippen LogP contribution < -0.4 is 4.90 Å². The van der Waals surface area contributed by atoms with E-state index in [0.29, 0.717) is 0 Å².